The standard InChI is InChI=1S/C15H18N2O2S/c1-10(8-16-11-6-7-11)9-17-14(18)12-4-2-3-5-13(12)20-15(17)19/h2-5,10-11,16H,6-9H2,1H3. The highest BCUT2D eigenvalue weighted by atomic mass is 32.1. The maximum Gasteiger partial charge on any atom is 0.310 e. The third-order valence-corrected chi connectivity index (χ3v) is 4.58. The minimum Gasteiger partial charge on any atom is -0.314 e. The molecule has 0 aliphatic heterocycles. The Kier molecular flexibility index (Phi) is 3.72. The summed E-state index contributed by atoms with van der Waals surface area (Å²) < 4.78 is 2.15. The zero-order chi connectivity index (χ0) is 14.1. The first-order valence-corrected chi connectivity index (χ1v) is 7.83. The normalized spacial score (nSPS) is 16.4. The average Bonchev–Trinajstić information content (AvgIpc) is 3.25. The van der Waals surface area contributed by atoms with Crippen molar-refractivity contribution < 1.29 is 0 Å². The molecule has 0 bridgehead atoms. The number of hydrogen-bond acceptors (Lipinski definition) is 4. The molecule has 4 nitrogen and oxygen atoms in total. The van der Waals surface area contributed by atoms with E-state index in [0.29, 0.717) is 18.0 Å². The van der Waals surface area contributed by atoms with Crippen molar-refractivity contribution in [3.63, 3.8) is 0 Å². The maximum absolute atomic E-state index is 12.4. The molecular formula is C15H18N2O2S. The van der Waals surface area contributed by atoms with Gasteiger partial charge >= 0.3 is 4.87 Å². The fourth-order valence-electron chi connectivity index (χ4n) is 2.30. The van der Waals surface area contributed by atoms with Crippen molar-refractivity contribution in [3.05, 3.63) is 44.3 Å². The molecule has 3 rings (SSSR count). The zero-order valence-electron chi connectivity index (χ0n) is 11.5. The summed E-state index contributed by atoms with van der Waals surface area (Å²) in [7, 11) is 0. The Morgan fingerprint density at radius 3 is 2.85 bits per heavy atom. The molecule has 2 aromatic rings. The lowest BCUT2D eigenvalue weighted by Gasteiger charge is -2.13. The van der Waals surface area contributed by atoms with Crippen LogP contribution in [0, 0.1) is 5.92 Å². The average molecular weight is 290 g/mol. The van der Waals surface area contributed by atoms with Crippen LogP contribution in [0.4, 0.5) is 0 Å². The van der Waals surface area contributed by atoms with Gasteiger partial charge in [-0.25, -0.2) is 0 Å². The minimum absolute atomic E-state index is 0.160. The van der Waals surface area contributed by atoms with Crippen molar-refractivity contribution in [3.8, 4) is 0 Å². The molecule has 1 fully saturated rings. The van der Waals surface area contributed by atoms with Crippen LogP contribution < -0.4 is 15.7 Å². The van der Waals surface area contributed by atoms with E-state index in [-0.39, 0.29) is 16.4 Å². The summed E-state index contributed by atoms with van der Waals surface area (Å²) in [6.07, 6.45) is 2.50. The minimum atomic E-state index is -0.164. The van der Waals surface area contributed by atoms with Gasteiger partial charge in [-0.1, -0.05) is 30.4 Å². The highest BCUT2D eigenvalue weighted by Gasteiger charge is 2.21. The topological polar surface area (TPSA) is 51.1 Å². The largest absolute Gasteiger partial charge is 0.314 e. The van der Waals surface area contributed by atoms with Crippen molar-refractivity contribution in [1.82, 2.24) is 9.88 Å². The van der Waals surface area contributed by atoms with Gasteiger partial charge in [0.15, 0.2) is 0 Å². The van der Waals surface area contributed by atoms with Gasteiger partial charge in [-0.2, -0.15) is 0 Å². The van der Waals surface area contributed by atoms with Crippen LogP contribution in [0.2, 0.25) is 0 Å². The van der Waals surface area contributed by atoms with Crippen LogP contribution in [0.5, 0.6) is 0 Å². The summed E-state index contributed by atoms with van der Waals surface area (Å²) >= 11 is 1.15. The smallest absolute Gasteiger partial charge is 0.310 e. The van der Waals surface area contributed by atoms with Gasteiger partial charge in [0, 0.05) is 17.3 Å². The van der Waals surface area contributed by atoms with Crippen LogP contribution in [0.1, 0.15) is 19.8 Å². The summed E-state index contributed by atoms with van der Waals surface area (Å²) in [4.78, 5) is 24.3. The van der Waals surface area contributed by atoms with E-state index in [1.54, 1.807) is 6.07 Å². The summed E-state index contributed by atoms with van der Waals surface area (Å²) in [5.74, 6) is 0.273. The lowest BCUT2D eigenvalue weighted by molar-refractivity contribution is 0.435. The molecule has 5 heteroatoms. The molecule has 20 heavy (non-hydrogen) atoms. The molecule has 1 aromatic carbocycles. The van der Waals surface area contributed by atoms with Crippen LogP contribution >= 0.6 is 11.3 Å². The SMILES string of the molecule is CC(CNC1CC1)Cn1c(=O)sc2ccccc2c1=O. The highest BCUT2D eigenvalue weighted by Crippen LogP contribution is 2.19. The van der Waals surface area contributed by atoms with Gasteiger partial charge in [0.25, 0.3) is 5.56 Å². The van der Waals surface area contributed by atoms with Crippen LogP contribution in [0.3, 0.4) is 0 Å². The second-order valence-corrected chi connectivity index (χ2v) is 6.56. The molecule has 1 unspecified atom stereocenters. The lowest BCUT2D eigenvalue weighted by atomic mass is 10.2. The molecule has 1 aliphatic rings. The second-order valence-electron chi connectivity index (χ2n) is 5.57. The Hall–Kier alpha value is -1.46. The first-order chi connectivity index (χ1) is 9.65. The molecule has 1 heterocycles. The first-order valence-electron chi connectivity index (χ1n) is 7.01. The van der Waals surface area contributed by atoms with Gasteiger partial charge in [-0.15, -0.1) is 0 Å². The summed E-state index contributed by atoms with van der Waals surface area (Å²) in [6, 6.07) is 7.95. The van der Waals surface area contributed by atoms with Gasteiger partial charge in [-0.3, -0.25) is 14.2 Å². The number of aromatic nitrogens is 1. The number of nitrogens with zero attached hydrogens (tertiary/aromatic N) is 1. The zero-order valence-corrected chi connectivity index (χ0v) is 12.3. The molecule has 0 radical (unpaired) electrons. The maximum atomic E-state index is 12.4. The van der Waals surface area contributed by atoms with E-state index in [9.17, 15) is 9.59 Å². The van der Waals surface area contributed by atoms with Crippen LogP contribution in [0.25, 0.3) is 10.1 Å². The van der Waals surface area contributed by atoms with Gasteiger partial charge in [0.05, 0.1) is 5.39 Å². The molecule has 0 spiro atoms. The highest BCUT2D eigenvalue weighted by molar-refractivity contribution is 7.16. The van der Waals surface area contributed by atoms with Crippen LogP contribution in [-0.4, -0.2) is 17.2 Å². The number of benzene rings is 1. The van der Waals surface area contributed by atoms with Crippen molar-refractivity contribution in [2.24, 2.45) is 5.92 Å². The predicted octanol–water partition coefficient (Wildman–Crippen LogP) is 1.81. The van der Waals surface area contributed by atoms with Crippen molar-refractivity contribution in [2.75, 3.05) is 6.54 Å². The van der Waals surface area contributed by atoms with E-state index in [0.717, 1.165) is 22.6 Å². The van der Waals surface area contributed by atoms with Gasteiger partial charge in [0.1, 0.15) is 0 Å². The van der Waals surface area contributed by atoms with E-state index in [1.807, 2.05) is 18.2 Å². The quantitative estimate of drug-likeness (QED) is 0.913. The first kappa shape index (κ1) is 13.5. The fraction of sp³-hybridized carbons (Fsp3) is 0.467. The third-order valence-electron chi connectivity index (χ3n) is 3.61. The Labute approximate surface area is 121 Å². The molecule has 0 amide bonds. The molecule has 0 saturated heterocycles. The summed E-state index contributed by atoms with van der Waals surface area (Å²) in [5.41, 5.74) is -0.164. The van der Waals surface area contributed by atoms with E-state index in [1.165, 1.54) is 17.4 Å². The second kappa shape index (κ2) is 5.50. The van der Waals surface area contributed by atoms with E-state index in [4.69, 9.17) is 0 Å². The molecule has 1 N–H and O–H groups in total. The summed E-state index contributed by atoms with van der Waals surface area (Å²) in [6.45, 7) is 3.41. The molecule has 1 aliphatic carbocycles. The van der Waals surface area contributed by atoms with Gasteiger partial charge in [-0.05, 0) is 37.4 Å². The molecule has 1 atom stereocenters. The number of nitrogens with one attached hydrogen (secondary N) is 1. The van der Waals surface area contributed by atoms with E-state index in [2.05, 4.69) is 12.2 Å². The van der Waals surface area contributed by atoms with Crippen molar-refractivity contribution in [2.45, 2.75) is 32.4 Å². The van der Waals surface area contributed by atoms with Crippen LogP contribution in [-0.2, 0) is 6.54 Å². The number of fused-ring (bicyclic) bond motifs is 1. The number of hydrogen-bond donors (Lipinski definition) is 1. The number of rotatable bonds is 5. The lowest BCUT2D eigenvalue weighted by Crippen LogP contribution is -2.35. The Bertz CT molecular complexity index is 730. The third kappa shape index (κ3) is 2.83. The molecule has 1 saturated carbocycles. The van der Waals surface area contributed by atoms with Gasteiger partial charge < -0.3 is 5.32 Å². The summed E-state index contributed by atoms with van der Waals surface area (Å²) in [5, 5.41) is 4.08. The van der Waals surface area contributed by atoms with Crippen LogP contribution in [0.15, 0.2) is 33.9 Å². The molecule has 1 aromatic heterocycles. The fourth-order valence-corrected chi connectivity index (χ4v) is 3.17. The Morgan fingerprint density at radius 1 is 1.35 bits per heavy atom. The van der Waals surface area contributed by atoms with Crippen molar-refractivity contribution >= 4 is 21.4 Å². The Morgan fingerprint density at radius 2 is 2.10 bits per heavy atom. The Balaban J connectivity index is 1.86. The predicted molar refractivity (Wildman–Crippen MR) is 82.5 cm³/mol. The molecule has 106 valence electrons. The monoisotopic (exact) mass is 290 g/mol. The van der Waals surface area contributed by atoms with Crippen molar-refractivity contribution in [1.29, 1.82) is 0 Å². The van der Waals surface area contributed by atoms with E-state index < -0.39 is 0 Å². The van der Waals surface area contributed by atoms with Gasteiger partial charge in [0.2, 0.25) is 0 Å². The van der Waals surface area contributed by atoms with E-state index >= 15 is 0 Å². The molecular weight excluding hydrogens is 272 g/mol.